The van der Waals surface area contributed by atoms with Crippen molar-refractivity contribution in [2.75, 3.05) is 0 Å². The molecule has 2 aromatic rings. The molecule has 1 unspecified atom stereocenters. The number of benzene rings is 2. The molecule has 0 aromatic heterocycles. The van der Waals surface area contributed by atoms with Gasteiger partial charge in [-0.05, 0) is 42.3 Å². The molecule has 6 heteroatoms. The lowest BCUT2D eigenvalue weighted by Gasteiger charge is -2.14. The molecular weight excluding hydrogens is 350 g/mol. The van der Waals surface area contributed by atoms with E-state index in [1.165, 1.54) is 18.2 Å². The Morgan fingerprint density at radius 3 is 2.24 bits per heavy atom. The van der Waals surface area contributed by atoms with Crippen LogP contribution in [0.5, 0.6) is 0 Å². The van der Waals surface area contributed by atoms with E-state index in [2.05, 4.69) is 15.9 Å². The monoisotopic (exact) mass is 361 g/mol. The molecule has 0 spiro atoms. The number of hydrogen-bond donors (Lipinski definition) is 1. The molecule has 0 heterocycles. The molecule has 0 aliphatic carbocycles. The summed E-state index contributed by atoms with van der Waals surface area (Å²) in [4.78, 5) is 0. The van der Waals surface area contributed by atoms with Gasteiger partial charge in [0.15, 0.2) is 0 Å². The van der Waals surface area contributed by atoms with Crippen LogP contribution < -0.4 is 5.73 Å². The van der Waals surface area contributed by atoms with Gasteiger partial charge in [0, 0.05) is 16.1 Å². The lowest BCUT2D eigenvalue weighted by atomic mass is 9.98. The molecule has 1 atom stereocenters. The van der Waals surface area contributed by atoms with E-state index in [0.717, 1.165) is 12.1 Å². The first-order valence-electron chi connectivity index (χ1n) is 6.14. The standard InChI is InChI=1S/C15H12BrF4N/c16-11-5-6-13(17)12(8-11)14(21)7-9-1-3-10(4-2-9)15(18,19)20/h1-6,8,14H,7,21H2. The minimum absolute atomic E-state index is 0.255. The summed E-state index contributed by atoms with van der Waals surface area (Å²) in [5.41, 5.74) is 6.17. The smallest absolute Gasteiger partial charge is 0.324 e. The molecule has 112 valence electrons. The third-order valence-electron chi connectivity index (χ3n) is 3.09. The van der Waals surface area contributed by atoms with Gasteiger partial charge in [0.1, 0.15) is 5.82 Å². The van der Waals surface area contributed by atoms with E-state index in [0.29, 0.717) is 15.6 Å². The van der Waals surface area contributed by atoms with Crippen LogP contribution in [0.1, 0.15) is 22.7 Å². The zero-order valence-electron chi connectivity index (χ0n) is 10.8. The Morgan fingerprint density at radius 1 is 1.05 bits per heavy atom. The molecule has 0 bridgehead atoms. The maximum atomic E-state index is 13.7. The van der Waals surface area contributed by atoms with Gasteiger partial charge in [-0.1, -0.05) is 28.1 Å². The minimum atomic E-state index is -4.36. The topological polar surface area (TPSA) is 26.0 Å². The van der Waals surface area contributed by atoms with E-state index in [1.54, 1.807) is 12.1 Å². The van der Waals surface area contributed by atoms with Crippen molar-refractivity contribution in [3.05, 3.63) is 69.4 Å². The molecule has 0 saturated heterocycles. The third-order valence-corrected chi connectivity index (χ3v) is 3.59. The molecule has 0 saturated carbocycles. The average Bonchev–Trinajstić information content (AvgIpc) is 2.41. The van der Waals surface area contributed by atoms with E-state index in [9.17, 15) is 17.6 Å². The molecule has 0 amide bonds. The third kappa shape index (κ3) is 4.04. The number of hydrogen-bond acceptors (Lipinski definition) is 1. The summed E-state index contributed by atoms with van der Waals surface area (Å²) in [5.74, 6) is -0.433. The largest absolute Gasteiger partial charge is 0.416 e. The highest BCUT2D eigenvalue weighted by atomic mass is 79.9. The fraction of sp³-hybridized carbons (Fsp3) is 0.200. The predicted octanol–water partition coefficient (Wildman–Crippen LogP) is 4.85. The second-order valence-corrected chi connectivity index (χ2v) is 5.59. The molecular formula is C15H12BrF4N. The van der Waals surface area contributed by atoms with Crippen molar-refractivity contribution in [1.82, 2.24) is 0 Å². The molecule has 0 aliphatic rings. The van der Waals surface area contributed by atoms with Gasteiger partial charge in [0.2, 0.25) is 0 Å². The van der Waals surface area contributed by atoms with E-state index in [-0.39, 0.29) is 6.42 Å². The zero-order chi connectivity index (χ0) is 15.6. The first kappa shape index (κ1) is 16.0. The summed E-state index contributed by atoms with van der Waals surface area (Å²) in [6.07, 6.45) is -4.11. The zero-order valence-corrected chi connectivity index (χ0v) is 12.4. The average molecular weight is 362 g/mol. The molecule has 2 N–H and O–H groups in total. The maximum Gasteiger partial charge on any atom is 0.416 e. The Labute approximate surface area is 127 Å². The highest BCUT2D eigenvalue weighted by Crippen LogP contribution is 2.30. The van der Waals surface area contributed by atoms with Crippen LogP contribution in [0.2, 0.25) is 0 Å². The van der Waals surface area contributed by atoms with Gasteiger partial charge >= 0.3 is 6.18 Å². The first-order chi connectivity index (χ1) is 9.77. The Kier molecular flexibility index (Phi) is 4.68. The van der Waals surface area contributed by atoms with Crippen LogP contribution in [0, 0.1) is 5.82 Å². The molecule has 21 heavy (non-hydrogen) atoms. The Morgan fingerprint density at radius 2 is 1.67 bits per heavy atom. The summed E-state index contributed by atoms with van der Waals surface area (Å²) in [6.45, 7) is 0. The van der Waals surface area contributed by atoms with Gasteiger partial charge < -0.3 is 5.73 Å². The Hall–Kier alpha value is -1.40. The molecule has 2 aromatic carbocycles. The van der Waals surface area contributed by atoms with Crippen molar-refractivity contribution in [3.63, 3.8) is 0 Å². The Balaban J connectivity index is 2.16. The quantitative estimate of drug-likeness (QED) is 0.777. The molecule has 0 radical (unpaired) electrons. The second kappa shape index (κ2) is 6.15. The van der Waals surface area contributed by atoms with Crippen molar-refractivity contribution in [2.24, 2.45) is 5.73 Å². The van der Waals surface area contributed by atoms with Crippen molar-refractivity contribution in [1.29, 1.82) is 0 Å². The van der Waals surface area contributed by atoms with Crippen molar-refractivity contribution >= 4 is 15.9 Å². The van der Waals surface area contributed by atoms with Crippen LogP contribution in [0.3, 0.4) is 0 Å². The summed E-state index contributed by atoms with van der Waals surface area (Å²) in [6, 6.07) is 8.52. The number of halogens is 5. The first-order valence-corrected chi connectivity index (χ1v) is 6.93. The number of rotatable bonds is 3. The van der Waals surface area contributed by atoms with Gasteiger partial charge in [0.25, 0.3) is 0 Å². The van der Waals surface area contributed by atoms with Crippen molar-refractivity contribution in [3.8, 4) is 0 Å². The van der Waals surface area contributed by atoms with Crippen LogP contribution in [0.25, 0.3) is 0 Å². The van der Waals surface area contributed by atoms with Gasteiger partial charge in [0.05, 0.1) is 5.56 Å². The van der Waals surface area contributed by atoms with Crippen LogP contribution in [0.4, 0.5) is 17.6 Å². The lowest BCUT2D eigenvalue weighted by Crippen LogP contribution is -2.15. The van der Waals surface area contributed by atoms with E-state index < -0.39 is 23.6 Å². The SMILES string of the molecule is NC(Cc1ccc(C(F)(F)F)cc1)c1cc(Br)ccc1F. The summed E-state index contributed by atoms with van der Waals surface area (Å²) in [5, 5.41) is 0. The minimum Gasteiger partial charge on any atom is -0.324 e. The summed E-state index contributed by atoms with van der Waals surface area (Å²) < 4.78 is 51.8. The maximum absolute atomic E-state index is 13.7. The van der Waals surface area contributed by atoms with Gasteiger partial charge in [-0.15, -0.1) is 0 Å². The van der Waals surface area contributed by atoms with Crippen LogP contribution in [-0.2, 0) is 12.6 Å². The molecule has 0 fully saturated rings. The van der Waals surface area contributed by atoms with Crippen LogP contribution in [0.15, 0.2) is 46.9 Å². The fourth-order valence-electron chi connectivity index (χ4n) is 1.99. The van der Waals surface area contributed by atoms with Crippen molar-refractivity contribution < 1.29 is 17.6 Å². The highest BCUT2D eigenvalue weighted by Gasteiger charge is 2.30. The predicted molar refractivity (Wildman–Crippen MR) is 76.2 cm³/mol. The van der Waals surface area contributed by atoms with E-state index in [1.807, 2.05) is 0 Å². The van der Waals surface area contributed by atoms with Crippen molar-refractivity contribution in [2.45, 2.75) is 18.6 Å². The summed E-state index contributed by atoms with van der Waals surface area (Å²) in [7, 11) is 0. The summed E-state index contributed by atoms with van der Waals surface area (Å²) >= 11 is 3.23. The highest BCUT2D eigenvalue weighted by molar-refractivity contribution is 9.10. The van der Waals surface area contributed by atoms with Crippen LogP contribution >= 0.6 is 15.9 Å². The van der Waals surface area contributed by atoms with Gasteiger partial charge in [-0.3, -0.25) is 0 Å². The molecule has 2 rings (SSSR count). The van der Waals surface area contributed by atoms with Gasteiger partial charge in [-0.2, -0.15) is 13.2 Å². The molecule has 0 aliphatic heterocycles. The molecule has 1 nitrogen and oxygen atoms in total. The van der Waals surface area contributed by atoms with E-state index >= 15 is 0 Å². The van der Waals surface area contributed by atoms with Crippen LogP contribution in [-0.4, -0.2) is 0 Å². The fourth-order valence-corrected chi connectivity index (χ4v) is 2.37. The lowest BCUT2D eigenvalue weighted by molar-refractivity contribution is -0.137. The number of nitrogens with two attached hydrogens (primary N) is 1. The van der Waals surface area contributed by atoms with E-state index in [4.69, 9.17) is 5.73 Å². The Bertz CT molecular complexity index is 623. The number of alkyl halides is 3. The second-order valence-electron chi connectivity index (χ2n) is 4.67. The normalized spacial score (nSPS) is 13.2. The van der Waals surface area contributed by atoms with Gasteiger partial charge in [-0.25, -0.2) is 4.39 Å².